The van der Waals surface area contributed by atoms with Gasteiger partial charge in [-0.05, 0) is 60.4 Å². The Kier molecular flexibility index (Phi) is 6.59. The Labute approximate surface area is 201 Å². The molecule has 1 aromatic carbocycles. The first-order valence-corrected chi connectivity index (χ1v) is 12.6. The van der Waals surface area contributed by atoms with E-state index in [0.717, 1.165) is 30.4 Å². The van der Waals surface area contributed by atoms with Gasteiger partial charge in [0.1, 0.15) is 16.9 Å². The SMILES string of the molecule is Cn1c(SCC(=O)Nc2sc3c(c2C#N)CCC(C(C)(C)C)C3)nnc1-c1ccc(F)cc1. The Balaban J connectivity index is 1.43. The van der Waals surface area contributed by atoms with E-state index in [1.807, 2.05) is 7.05 Å². The topological polar surface area (TPSA) is 83.6 Å². The lowest BCUT2D eigenvalue weighted by molar-refractivity contribution is -0.113. The lowest BCUT2D eigenvalue weighted by atomic mass is 9.72. The van der Waals surface area contributed by atoms with E-state index in [1.54, 1.807) is 16.7 Å². The average molecular weight is 484 g/mol. The van der Waals surface area contributed by atoms with Gasteiger partial charge in [0.05, 0.1) is 11.3 Å². The third-order valence-electron chi connectivity index (χ3n) is 6.12. The number of nitrogens with zero attached hydrogens (tertiary/aromatic N) is 4. The van der Waals surface area contributed by atoms with Crippen LogP contribution < -0.4 is 5.32 Å². The number of halogens is 1. The van der Waals surface area contributed by atoms with Crippen molar-refractivity contribution >= 4 is 34.0 Å². The Morgan fingerprint density at radius 2 is 2.06 bits per heavy atom. The van der Waals surface area contributed by atoms with Crippen molar-refractivity contribution in [1.29, 1.82) is 5.26 Å². The summed E-state index contributed by atoms with van der Waals surface area (Å²) in [4.78, 5) is 13.9. The van der Waals surface area contributed by atoms with Gasteiger partial charge in [-0.2, -0.15) is 5.26 Å². The molecule has 1 aliphatic carbocycles. The summed E-state index contributed by atoms with van der Waals surface area (Å²) in [5, 5.41) is 22.2. The number of hydrogen-bond donors (Lipinski definition) is 1. The summed E-state index contributed by atoms with van der Waals surface area (Å²) in [5.41, 5.74) is 2.68. The van der Waals surface area contributed by atoms with Gasteiger partial charge < -0.3 is 9.88 Å². The van der Waals surface area contributed by atoms with E-state index in [2.05, 4.69) is 42.4 Å². The molecule has 33 heavy (non-hydrogen) atoms. The monoisotopic (exact) mass is 483 g/mol. The number of aromatic nitrogens is 3. The second kappa shape index (κ2) is 9.27. The van der Waals surface area contributed by atoms with Crippen molar-refractivity contribution in [2.24, 2.45) is 18.4 Å². The number of anilines is 1. The number of amides is 1. The maximum atomic E-state index is 13.2. The molecule has 1 atom stereocenters. The van der Waals surface area contributed by atoms with E-state index in [4.69, 9.17) is 0 Å². The molecule has 0 spiro atoms. The molecule has 0 fully saturated rings. The second-order valence-electron chi connectivity index (χ2n) is 9.33. The molecular formula is C24H26FN5OS2. The second-order valence-corrected chi connectivity index (χ2v) is 11.4. The van der Waals surface area contributed by atoms with Crippen LogP contribution in [0.4, 0.5) is 9.39 Å². The van der Waals surface area contributed by atoms with Crippen molar-refractivity contribution < 1.29 is 9.18 Å². The van der Waals surface area contributed by atoms with Crippen molar-refractivity contribution in [3.8, 4) is 17.5 Å². The van der Waals surface area contributed by atoms with Crippen molar-refractivity contribution in [2.75, 3.05) is 11.1 Å². The number of carbonyl (C=O) groups is 1. The van der Waals surface area contributed by atoms with Gasteiger partial charge in [-0.3, -0.25) is 4.79 Å². The summed E-state index contributed by atoms with van der Waals surface area (Å²) >= 11 is 2.80. The zero-order chi connectivity index (χ0) is 23.8. The molecule has 6 nitrogen and oxygen atoms in total. The highest BCUT2D eigenvalue weighted by molar-refractivity contribution is 7.99. The molecule has 172 valence electrons. The fraction of sp³-hybridized carbons (Fsp3) is 0.417. The van der Waals surface area contributed by atoms with Gasteiger partial charge in [0.2, 0.25) is 5.91 Å². The first kappa shape index (κ1) is 23.5. The largest absolute Gasteiger partial charge is 0.316 e. The third kappa shape index (κ3) is 4.97. The molecule has 9 heteroatoms. The quantitative estimate of drug-likeness (QED) is 0.489. The van der Waals surface area contributed by atoms with Crippen LogP contribution in [0, 0.1) is 28.5 Å². The van der Waals surface area contributed by atoms with Crippen LogP contribution in [0.1, 0.15) is 43.2 Å². The zero-order valence-electron chi connectivity index (χ0n) is 19.1. The number of fused-ring (bicyclic) bond motifs is 1. The molecule has 0 aliphatic heterocycles. The van der Waals surface area contributed by atoms with Crippen molar-refractivity contribution in [3.05, 3.63) is 46.1 Å². The number of thioether (sulfide) groups is 1. The molecule has 3 aromatic rings. The maximum absolute atomic E-state index is 13.2. The minimum atomic E-state index is -0.312. The van der Waals surface area contributed by atoms with Crippen molar-refractivity contribution in [2.45, 2.75) is 45.2 Å². The first-order chi connectivity index (χ1) is 15.7. The van der Waals surface area contributed by atoms with Crippen LogP contribution in [0.2, 0.25) is 0 Å². The van der Waals surface area contributed by atoms with Gasteiger partial charge in [0.25, 0.3) is 0 Å². The summed E-state index contributed by atoms with van der Waals surface area (Å²) in [7, 11) is 1.81. The molecule has 2 aromatic heterocycles. The number of carbonyl (C=O) groups excluding carboxylic acids is 1. The van der Waals surface area contributed by atoms with Gasteiger partial charge >= 0.3 is 0 Å². The molecule has 0 saturated carbocycles. The lowest BCUT2D eigenvalue weighted by Crippen LogP contribution is -2.26. The van der Waals surface area contributed by atoms with Crippen LogP contribution in [0.15, 0.2) is 29.4 Å². The van der Waals surface area contributed by atoms with Crippen LogP contribution in [0.3, 0.4) is 0 Å². The van der Waals surface area contributed by atoms with E-state index in [0.29, 0.717) is 27.5 Å². The van der Waals surface area contributed by atoms with E-state index in [1.165, 1.54) is 40.1 Å². The van der Waals surface area contributed by atoms with Crippen LogP contribution >= 0.6 is 23.1 Å². The van der Waals surface area contributed by atoms with Crippen molar-refractivity contribution in [1.82, 2.24) is 14.8 Å². The van der Waals surface area contributed by atoms with Crippen molar-refractivity contribution in [3.63, 3.8) is 0 Å². The average Bonchev–Trinajstić information content (AvgIpc) is 3.31. The van der Waals surface area contributed by atoms with E-state index < -0.39 is 0 Å². The number of hydrogen-bond acceptors (Lipinski definition) is 6. The summed E-state index contributed by atoms with van der Waals surface area (Å²) in [6.45, 7) is 6.78. The molecule has 1 aliphatic rings. The maximum Gasteiger partial charge on any atom is 0.235 e. The van der Waals surface area contributed by atoms with E-state index in [-0.39, 0.29) is 22.9 Å². The number of thiophene rings is 1. The summed E-state index contributed by atoms with van der Waals surface area (Å²) < 4.78 is 15.0. The van der Waals surface area contributed by atoms with E-state index >= 15 is 0 Å². The van der Waals surface area contributed by atoms with Crippen LogP contribution in [-0.2, 0) is 24.7 Å². The Hall–Kier alpha value is -2.70. The molecule has 4 rings (SSSR count). The Morgan fingerprint density at radius 1 is 1.33 bits per heavy atom. The molecule has 1 unspecified atom stereocenters. The first-order valence-electron chi connectivity index (χ1n) is 10.8. The molecule has 0 saturated heterocycles. The Morgan fingerprint density at radius 3 is 2.73 bits per heavy atom. The predicted molar refractivity (Wildman–Crippen MR) is 130 cm³/mol. The van der Waals surface area contributed by atoms with Gasteiger partial charge in [-0.15, -0.1) is 21.5 Å². The summed E-state index contributed by atoms with van der Waals surface area (Å²) in [6, 6.07) is 8.35. The lowest BCUT2D eigenvalue weighted by Gasteiger charge is -2.33. The van der Waals surface area contributed by atoms with Crippen LogP contribution in [0.25, 0.3) is 11.4 Å². The number of rotatable bonds is 5. The molecule has 0 bridgehead atoms. The normalized spacial score (nSPS) is 15.7. The van der Waals surface area contributed by atoms with Gasteiger partial charge in [0.15, 0.2) is 11.0 Å². The Bertz CT molecular complexity index is 1220. The molecule has 0 radical (unpaired) electrons. The number of nitriles is 1. The fourth-order valence-corrected chi connectivity index (χ4v) is 6.12. The number of benzene rings is 1. The molecule has 1 N–H and O–H groups in total. The summed E-state index contributed by atoms with van der Waals surface area (Å²) in [6.07, 6.45) is 2.90. The van der Waals surface area contributed by atoms with Crippen LogP contribution in [0.5, 0.6) is 0 Å². The standard InChI is InChI=1S/C24H26FN5OS2/c1-24(2,3)15-7-10-17-18(12-26)22(33-19(17)11-15)27-20(31)13-32-23-29-28-21(30(23)4)14-5-8-16(25)9-6-14/h5-6,8-9,15H,7,10-11,13H2,1-4H3,(H,27,31). The molecule has 2 heterocycles. The highest BCUT2D eigenvalue weighted by atomic mass is 32.2. The van der Waals surface area contributed by atoms with Gasteiger partial charge in [-0.25, -0.2) is 4.39 Å². The van der Waals surface area contributed by atoms with Gasteiger partial charge in [-0.1, -0.05) is 32.5 Å². The van der Waals surface area contributed by atoms with E-state index in [9.17, 15) is 14.4 Å². The number of nitrogens with one attached hydrogen (secondary N) is 1. The molecular weight excluding hydrogens is 457 g/mol. The third-order valence-corrected chi connectivity index (χ3v) is 8.31. The minimum Gasteiger partial charge on any atom is -0.316 e. The van der Waals surface area contributed by atoms with Crippen LogP contribution in [-0.4, -0.2) is 26.4 Å². The minimum absolute atomic E-state index is 0.146. The van der Waals surface area contributed by atoms with Gasteiger partial charge in [0, 0.05) is 17.5 Å². The smallest absolute Gasteiger partial charge is 0.235 e. The fourth-order valence-electron chi connectivity index (χ4n) is 4.12. The predicted octanol–water partition coefficient (Wildman–Crippen LogP) is 5.44. The molecule has 1 amide bonds. The summed E-state index contributed by atoms with van der Waals surface area (Å²) in [5.74, 6) is 0.819. The highest BCUT2D eigenvalue weighted by Gasteiger charge is 2.32. The zero-order valence-corrected chi connectivity index (χ0v) is 20.7. The highest BCUT2D eigenvalue weighted by Crippen LogP contribution is 2.44.